The first-order valence-corrected chi connectivity index (χ1v) is 6.07. The molecule has 0 saturated carbocycles. The van der Waals surface area contributed by atoms with E-state index in [0.717, 1.165) is 17.3 Å². The summed E-state index contributed by atoms with van der Waals surface area (Å²) in [7, 11) is 0. The first-order chi connectivity index (χ1) is 7.06. The first-order valence-electron chi connectivity index (χ1n) is 4.52. The van der Waals surface area contributed by atoms with Crippen molar-refractivity contribution < 1.29 is 0 Å². The lowest BCUT2D eigenvalue weighted by Crippen LogP contribution is -2.09. The maximum atomic E-state index is 6.02. The van der Waals surface area contributed by atoms with Gasteiger partial charge in [-0.3, -0.25) is 0 Å². The molecular formula is C10H11BrCl2N2. The van der Waals surface area contributed by atoms with Gasteiger partial charge in [-0.2, -0.15) is 0 Å². The summed E-state index contributed by atoms with van der Waals surface area (Å²) in [5.74, 6) is 0.567. The minimum Gasteiger partial charge on any atom is -0.387 e. The maximum absolute atomic E-state index is 6.02. The number of hydrogen-bond donors (Lipinski definition) is 1. The van der Waals surface area contributed by atoms with E-state index < -0.39 is 0 Å². The third-order valence-corrected chi connectivity index (χ3v) is 3.55. The molecule has 0 aromatic heterocycles. The Morgan fingerprint density at radius 3 is 2.67 bits per heavy atom. The lowest BCUT2D eigenvalue weighted by Gasteiger charge is -2.04. The summed E-state index contributed by atoms with van der Waals surface area (Å²) in [6, 6.07) is 3.58. The number of hydrogen-bond acceptors (Lipinski definition) is 1. The Balaban J connectivity index is 3.06. The number of rotatable bonds is 3. The summed E-state index contributed by atoms with van der Waals surface area (Å²) in [5.41, 5.74) is 6.32. The zero-order valence-electron chi connectivity index (χ0n) is 8.23. The average molecular weight is 310 g/mol. The molecule has 0 aliphatic heterocycles. The number of nitrogens with two attached hydrogens (primary N) is 1. The second kappa shape index (κ2) is 5.73. The summed E-state index contributed by atoms with van der Waals surface area (Å²) in [5, 5.41) is 0.882. The molecule has 0 bridgehead atoms. The van der Waals surface area contributed by atoms with Crippen molar-refractivity contribution in [3.8, 4) is 0 Å². The lowest BCUT2D eigenvalue weighted by atomic mass is 10.3. The van der Waals surface area contributed by atoms with Gasteiger partial charge in [0.25, 0.3) is 0 Å². The summed E-state index contributed by atoms with van der Waals surface area (Å²) in [4.78, 5) is 4.21. The summed E-state index contributed by atoms with van der Waals surface area (Å²) in [6.45, 7) is 2.04. The van der Waals surface area contributed by atoms with Gasteiger partial charge in [0.05, 0.1) is 21.6 Å². The van der Waals surface area contributed by atoms with Gasteiger partial charge in [0.1, 0.15) is 0 Å². The molecule has 1 rings (SSSR count). The quantitative estimate of drug-likeness (QED) is 0.497. The van der Waals surface area contributed by atoms with Gasteiger partial charge in [0.15, 0.2) is 0 Å². The van der Waals surface area contributed by atoms with E-state index in [1.54, 1.807) is 12.1 Å². The number of nitrogens with zero attached hydrogens (tertiary/aromatic N) is 1. The molecule has 0 radical (unpaired) electrons. The number of halogens is 3. The van der Waals surface area contributed by atoms with Crippen LogP contribution >= 0.6 is 39.1 Å². The minimum absolute atomic E-state index is 0.421. The molecule has 15 heavy (non-hydrogen) atoms. The molecular weight excluding hydrogens is 299 g/mol. The van der Waals surface area contributed by atoms with E-state index in [2.05, 4.69) is 20.9 Å². The van der Waals surface area contributed by atoms with Crippen molar-refractivity contribution in [1.82, 2.24) is 0 Å². The monoisotopic (exact) mass is 308 g/mol. The Morgan fingerprint density at radius 1 is 1.40 bits per heavy atom. The normalized spacial score (nSPS) is 11.9. The molecule has 2 N–H and O–H groups in total. The van der Waals surface area contributed by atoms with E-state index in [1.807, 2.05) is 6.92 Å². The Kier molecular flexibility index (Phi) is 4.90. The molecule has 0 atom stereocenters. The van der Waals surface area contributed by atoms with Gasteiger partial charge in [-0.05, 0) is 34.5 Å². The molecule has 0 saturated heterocycles. The second-order valence-electron chi connectivity index (χ2n) is 3.05. The second-order valence-corrected chi connectivity index (χ2v) is 4.66. The van der Waals surface area contributed by atoms with Crippen LogP contribution in [0.4, 0.5) is 5.69 Å². The van der Waals surface area contributed by atoms with Crippen LogP contribution in [0.2, 0.25) is 10.0 Å². The van der Waals surface area contributed by atoms with Gasteiger partial charge >= 0.3 is 0 Å². The van der Waals surface area contributed by atoms with E-state index in [0.29, 0.717) is 21.6 Å². The van der Waals surface area contributed by atoms with Gasteiger partial charge in [-0.1, -0.05) is 30.1 Å². The highest BCUT2D eigenvalue weighted by Gasteiger charge is 2.07. The standard InChI is InChI=1S/C10H11BrCl2N2/c1-2-3-8(14)15-7-5-4-6(11)9(12)10(7)13/h4-5H,2-3H2,1H3,(H2,14,15). The van der Waals surface area contributed by atoms with Crippen LogP contribution in [0.15, 0.2) is 21.6 Å². The average Bonchev–Trinajstić information content (AvgIpc) is 2.20. The highest BCUT2D eigenvalue weighted by Crippen LogP contribution is 2.37. The van der Waals surface area contributed by atoms with Gasteiger partial charge < -0.3 is 5.73 Å². The SMILES string of the molecule is CCCC(N)=Nc1ccc(Br)c(Cl)c1Cl. The summed E-state index contributed by atoms with van der Waals surface area (Å²) < 4.78 is 0.752. The van der Waals surface area contributed by atoms with Crippen LogP contribution in [-0.4, -0.2) is 5.84 Å². The van der Waals surface area contributed by atoms with Crippen molar-refractivity contribution >= 4 is 50.7 Å². The third kappa shape index (κ3) is 3.37. The van der Waals surface area contributed by atoms with Crippen molar-refractivity contribution in [1.29, 1.82) is 0 Å². The smallest absolute Gasteiger partial charge is 0.0996 e. The highest BCUT2D eigenvalue weighted by atomic mass is 79.9. The van der Waals surface area contributed by atoms with Crippen LogP contribution in [0.1, 0.15) is 19.8 Å². The van der Waals surface area contributed by atoms with Crippen LogP contribution in [-0.2, 0) is 0 Å². The van der Waals surface area contributed by atoms with E-state index in [4.69, 9.17) is 28.9 Å². The summed E-state index contributed by atoms with van der Waals surface area (Å²) in [6.07, 6.45) is 1.71. The summed E-state index contributed by atoms with van der Waals surface area (Å²) >= 11 is 15.3. The fourth-order valence-electron chi connectivity index (χ4n) is 1.07. The van der Waals surface area contributed by atoms with E-state index >= 15 is 0 Å². The van der Waals surface area contributed by atoms with Gasteiger partial charge in [0.2, 0.25) is 0 Å². The van der Waals surface area contributed by atoms with Crippen molar-refractivity contribution in [3.63, 3.8) is 0 Å². The molecule has 82 valence electrons. The van der Waals surface area contributed by atoms with Gasteiger partial charge in [-0.15, -0.1) is 0 Å². The minimum atomic E-state index is 0.421. The molecule has 1 aromatic rings. The number of benzene rings is 1. The Hall–Kier alpha value is -0.250. The van der Waals surface area contributed by atoms with Crippen LogP contribution in [0.5, 0.6) is 0 Å². The van der Waals surface area contributed by atoms with E-state index in [1.165, 1.54) is 0 Å². The van der Waals surface area contributed by atoms with Gasteiger partial charge in [0, 0.05) is 10.9 Å². The van der Waals surface area contributed by atoms with Gasteiger partial charge in [-0.25, -0.2) is 4.99 Å². The van der Waals surface area contributed by atoms with Crippen molar-refractivity contribution in [2.75, 3.05) is 0 Å². The fourth-order valence-corrected chi connectivity index (χ4v) is 1.88. The number of amidine groups is 1. The fraction of sp³-hybridized carbons (Fsp3) is 0.300. The molecule has 2 nitrogen and oxygen atoms in total. The molecule has 0 unspecified atom stereocenters. The molecule has 0 fully saturated rings. The maximum Gasteiger partial charge on any atom is 0.0996 e. The molecule has 0 amide bonds. The Bertz CT molecular complexity index is 391. The van der Waals surface area contributed by atoms with Crippen LogP contribution in [0.25, 0.3) is 0 Å². The Labute approximate surface area is 108 Å². The molecule has 0 aliphatic rings. The van der Waals surface area contributed by atoms with Crippen molar-refractivity contribution in [3.05, 3.63) is 26.7 Å². The lowest BCUT2D eigenvalue weighted by molar-refractivity contribution is 0.983. The Morgan fingerprint density at radius 2 is 2.07 bits per heavy atom. The van der Waals surface area contributed by atoms with Crippen LogP contribution < -0.4 is 5.73 Å². The van der Waals surface area contributed by atoms with Crippen molar-refractivity contribution in [2.24, 2.45) is 10.7 Å². The molecule has 0 heterocycles. The highest BCUT2D eigenvalue weighted by molar-refractivity contribution is 9.10. The zero-order chi connectivity index (χ0) is 11.4. The molecule has 0 aliphatic carbocycles. The predicted octanol–water partition coefficient (Wildman–Crippen LogP) is 4.54. The topological polar surface area (TPSA) is 38.4 Å². The molecule has 5 heteroatoms. The predicted molar refractivity (Wildman–Crippen MR) is 70.4 cm³/mol. The molecule has 0 spiro atoms. The largest absolute Gasteiger partial charge is 0.387 e. The number of aliphatic imine (C=N–C) groups is 1. The van der Waals surface area contributed by atoms with E-state index in [-0.39, 0.29) is 0 Å². The first kappa shape index (κ1) is 12.8. The zero-order valence-corrected chi connectivity index (χ0v) is 11.3. The third-order valence-electron chi connectivity index (χ3n) is 1.78. The van der Waals surface area contributed by atoms with Crippen LogP contribution in [0.3, 0.4) is 0 Å². The molecule has 1 aromatic carbocycles. The van der Waals surface area contributed by atoms with E-state index in [9.17, 15) is 0 Å². The van der Waals surface area contributed by atoms with Crippen molar-refractivity contribution in [2.45, 2.75) is 19.8 Å². The van der Waals surface area contributed by atoms with Crippen LogP contribution in [0, 0.1) is 0 Å².